The molecule has 2 fully saturated rings. The molecule has 116 valence electrons. The van der Waals surface area contributed by atoms with Gasteiger partial charge in [-0.2, -0.15) is 0 Å². The van der Waals surface area contributed by atoms with Gasteiger partial charge in [-0.3, -0.25) is 0 Å². The smallest absolute Gasteiger partial charge is 0.410 e. The molecule has 2 aliphatic carbocycles. The summed E-state index contributed by atoms with van der Waals surface area (Å²) in [5.74, 6) is 1.18. The van der Waals surface area contributed by atoms with Crippen molar-refractivity contribution < 1.29 is 9.53 Å². The molecule has 0 saturated heterocycles. The molecule has 0 aromatic carbocycles. The summed E-state index contributed by atoms with van der Waals surface area (Å²) >= 11 is 5.29. The number of nitrogens with zero attached hydrogens (tertiary/aromatic N) is 1. The molecule has 0 unspecified atom stereocenters. The van der Waals surface area contributed by atoms with Crippen LogP contribution in [0.2, 0.25) is 0 Å². The van der Waals surface area contributed by atoms with Gasteiger partial charge >= 0.3 is 6.09 Å². The van der Waals surface area contributed by atoms with Crippen LogP contribution >= 0.6 is 27.3 Å². The molecule has 0 spiro atoms. The van der Waals surface area contributed by atoms with Gasteiger partial charge in [0, 0.05) is 23.4 Å². The summed E-state index contributed by atoms with van der Waals surface area (Å²) in [6.45, 7) is 6.66. The molecule has 3 rings (SSSR count). The van der Waals surface area contributed by atoms with E-state index in [1.54, 1.807) is 11.3 Å². The van der Waals surface area contributed by atoms with Crippen LogP contribution in [0, 0.1) is 5.92 Å². The molecule has 21 heavy (non-hydrogen) atoms. The fourth-order valence-electron chi connectivity index (χ4n) is 2.60. The highest BCUT2D eigenvalue weighted by atomic mass is 79.9. The first kappa shape index (κ1) is 15.3. The first-order valence-corrected chi connectivity index (χ1v) is 9.19. The monoisotopic (exact) mass is 371 g/mol. The molecule has 1 heterocycles. The van der Waals surface area contributed by atoms with Crippen molar-refractivity contribution in [2.45, 2.75) is 57.6 Å². The fourth-order valence-corrected chi connectivity index (χ4v) is 4.20. The largest absolute Gasteiger partial charge is 0.444 e. The number of carbonyl (C=O) groups excluding carboxylic acids is 1. The Morgan fingerprint density at radius 3 is 2.67 bits per heavy atom. The summed E-state index contributed by atoms with van der Waals surface area (Å²) in [5, 5.41) is 0. The highest BCUT2D eigenvalue weighted by Gasteiger charge is 2.48. The summed E-state index contributed by atoms with van der Waals surface area (Å²) in [7, 11) is 0. The van der Waals surface area contributed by atoms with Crippen LogP contribution in [-0.2, 0) is 4.74 Å². The van der Waals surface area contributed by atoms with Crippen LogP contribution in [0.4, 0.5) is 4.79 Å². The van der Waals surface area contributed by atoms with Gasteiger partial charge in [0.05, 0.1) is 3.79 Å². The van der Waals surface area contributed by atoms with Crippen LogP contribution < -0.4 is 0 Å². The molecule has 5 heteroatoms. The maximum Gasteiger partial charge on any atom is 0.410 e. The zero-order valence-corrected chi connectivity index (χ0v) is 15.2. The van der Waals surface area contributed by atoms with Crippen LogP contribution in [0.5, 0.6) is 0 Å². The van der Waals surface area contributed by atoms with Crippen molar-refractivity contribution >= 4 is 33.4 Å². The molecule has 2 saturated carbocycles. The van der Waals surface area contributed by atoms with Crippen molar-refractivity contribution in [3.63, 3.8) is 0 Å². The first-order chi connectivity index (χ1) is 9.83. The average Bonchev–Trinajstić information content (AvgIpc) is 3.25. The van der Waals surface area contributed by atoms with Gasteiger partial charge in [-0.05, 0) is 74.0 Å². The lowest BCUT2D eigenvalue weighted by atomic mass is 10.2. The van der Waals surface area contributed by atoms with Gasteiger partial charge in [-0.1, -0.05) is 0 Å². The van der Waals surface area contributed by atoms with Crippen molar-refractivity contribution in [1.29, 1.82) is 0 Å². The van der Waals surface area contributed by atoms with Crippen molar-refractivity contribution in [3.8, 4) is 0 Å². The summed E-state index contributed by atoms with van der Waals surface area (Å²) in [6, 6.07) is 4.59. The molecule has 1 amide bonds. The Kier molecular flexibility index (Phi) is 4.08. The van der Waals surface area contributed by atoms with E-state index in [9.17, 15) is 4.79 Å². The maximum atomic E-state index is 12.5. The van der Waals surface area contributed by atoms with E-state index in [0.717, 1.165) is 16.8 Å². The van der Waals surface area contributed by atoms with Crippen molar-refractivity contribution in [2.75, 3.05) is 6.54 Å². The van der Waals surface area contributed by atoms with Crippen molar-refractivity contribution in [3.05, 3.63) is 20.8 Å². The number of halogens is 1. The van der Waals surface area contributed by atoms with Gasteiger partial charge in [0.25, 0.3) is 0 Å². The Balaban J connectivity index is 1.67. The predicted octanol–water partition coefficient (Wildman–Crippen LogP) is 5.01. The summed E-state index contributed by atoms with van der Waals surface area (Å²) in [4.78, 5) is 15.8. The molecule has 0 bridgehead atoms. The van der Waals surface area contributed by atoms with Gasteiger partial charge in [0.1, 0.15) is 5.60 Å². The lowest BCUT2D eigenvalue weighted by Gasteiger charge is -2.28. The zero-order chi connectivity index (χ0) is 15.2. The quantitative estimate of drug-likeness (QED) is 0.743. The third kappa shape index (κ3) is 4.01. The number of amides is 1. The van der Waals surface area contributed by atoms with Gasteiger partial charge < -0.3 is 9.64 Å². The van der Waals surface area contributed by atoms with Gasteiger partial charge in [-0.25, -0.2) is 4.79 Å². The van der Waals surface area contributed by atoms with E-state index in [2.05, 4.69) is 28.1 Å². The molecule has 0 radical (unpaired) electrons. The Morgan fingerprint density at radius 2 is 2.14 bits per heavy atom. The first-order valence-electron chi connectivity index (χ1n) is 7.58. The number of ether oxygens (including phenoxy) is 1. The maximum absolute atomic E-state index is 12.5. The highest BCUT2D eigenvalue weighted by molar-refractivity contribution is 9.11. The van der Waals surface area contributed by atoms with E-state index in [4.69, 9.17) is 4.74 Å². The summed E-state index contributed by atoms with van der Waals surface area (Å²) < 4.78 is 6.76. The standard InChI is InChI=1S/C16H22BrNO2S/c1-16(2,3)20-15(19)18(9-10-4-5-10)12-8-11(12)13-6-7-14(17)21-13/h6-7,10-12H,4-5,8-9H2,1-3H3/t11-,12-/m1/s1. The lowest BCUT2D eigenvalue weighted by Crippen LogP contribution is -2.40. The second kappa shape index (κ2) is 5.58. The van der Waals surface area contributed by atoms with E-state index >= 15 is 0 Å². The number of hydrogen-bond acceptors (Lipinski definition) is 3. The molecular formula is C16H22BrNO2S. The minimum Gasteiger partial charge on any atom is -0.444 e. The van der Waals surface area contributed by atoms with Gasteiger partial charge in [0.15, 0.2) is 0 Å². The van der Waals surface area contributed by atoms with E-state index < -0.39 is 5.60 Å². The predicted molar refractivity (Wildman–Crippen MR) is 88.8 cm³/mol. The molecule has 2 atom stereocenters. The van der Waals surface area contributed by atoms with E-state index in [-0.39, 0.29) is 6.09 Å². The summed E-state index contributed by atoms with van der Waals surface area (Å²) in [5.41, 5.74) is -0.421. The lowest BCUT2D eigenvalue weighted by molar-refractivity contribution is 0.0221. The van der Waals surface area contributed by atoms with Crippen LogP contribution in [0.25, 0.3) is 0 Å². The third-order valence-corrected chi connectivity index (χ3v) is 5.65. The highest BCUT2D eigenvalue weighted by Crippen LogP contribution is 2.49. The Hall–Kier alpha value is -0.550. The molecule has 0 N–H and O–H groups in total. The Morgan fingerprint density at radius 1 is 1.43 bits per heavy atom. The van der Waals surface area contributed by atoms with Gasteiger partial charge in [-0.15, -0.1) is 11.3 Å². The van der Waals surface area contributed by atoms with E-state index in [0.29, 0.717) is 17.9 Å². The molecule has 1 aromatic heterocycles. The topological polar surface area (TPSA) is 29.5 Å². The number of hydrogen-bond donors (Lipinski definition) is 0. The summed E-state index contributed by atoms with van der Waals surface area (Å²) in [6.07, 6.45) is 3.43. The number of carbonyl (C=O) groups is 1. The third-order valence-electron chi connectivity index (χ3n) is 3.90. The molecule has 0 aliphatic heterocycles. The number of thiophene rings is 1. The van der Waals surface area contributed by atoms with Crippen LogP contribution in [-0.4, -0.2) is 29.2 Å². The van der Waals surface area contributed by atoms with Crippen LogP contribution in [0.1, 0.15) is 50.8 Å². The number of rotatable bonds is 4. The van der Waals surface area contributed by atoms with Crippen LogP contribution in [0.3, 0.4) is 0 Å². The van der Waals surface area contributed by atoms with Crippen LogP contribution in [0.15, 0.2) is 15.9 Å². The zero-order valence-electron chi connectivity index (χ0n) is 12.8. The van der Waals surface area contributed by atoms with E-state index in [1.807, 2.05) is 25.7 Å². The van der Waals surface area contributed by atoms with E-state index in [1.165, 1.54) is 17.7 Å². The van der Waals surface area contributed by atoms with Crippen molar-refractivity contribution in [1.82, 2.24) is 4.90 Å². The van der Waals surface area contributed by atoms with Gasteiger partial charge in [0.2, 0.25) is 0 Å². The fraction of sp³-hybridized carbons (Fsp3) is 0.688. The van der Waals surface area contributed by atoms with Crippen molar-refractivity contribution in [2.24, 2.45) is 5.92 Å². The second-order valence-electron chi connectivity index (χ2n) is 7.13. The minimum atomic E-state index is -0.421. The average molecular weight is 372 g/mol. The Labute approximate surface area is 138 Å². The molecule has 1 aromatic rings. The molecule has 2 aliphatic rings. The molecule has 3 nitrogen and oxygen atoms in total. The second-order valence-corrected chi connectivity index (χ2v) is 9.62. The minimum absolute atomic E-state index is 0.141. The SMILES string of the molecule is CC(C)(C)OC(=O)N(CC1CC1)[C@@H]1C[C@H]1c1ccc(Br)s1. The Bertz CT molecular complexity index is 533. The normalized spacial score (nSPS) is 24.8. The molecular weight excluding hydrogens is 350 g/mol.